The number of amides is 1. The van der Waals surface area contributed by atoms with Gasteiger partial charge in [-0.25, -0.2) is 9.48 Å². The van der Waals surface area contributed by atoms with Gasteiger partial charge in [0.05, 0.1) is 0 Å². The molecule has 3 aromatic rings. The normalized spacial score (nSPS) is 10.7. The van der Waals surface area contributed by atoms with Crippen molar-refractivity contribution in [1.82, 2.24) is 14.2 Å². The molecule has 0 N–H and O–H groups in total. The first-order valence-electron chi connectivity index (χ1n) is 6.52. The number of hydrogen-bond donors (Lipinski definition) is 0. The molecule has 1 aromatic carbocycles. The highest BCUT2D eigenvalue weighted by Crippen LogP contribution is 2.11. The quantitative estimate of drug-likeness (QED) is 0.724. The summed E-state index contributed by atoms with van der Waals surface area (Å²) < 4.78 is 2.59. The van der Waals surface area contributed by atoms with Crippen LogP contribution in [0.5, 0.6) is 0 Å². The number of para-hydroxylation sites is 1. The number of pyridine rings is 1. The highest BCUT2D eigenvalue weighted by Gasteiger charge is 2.14. The molecular formula is C15H14N4O2. The minimum absolute atomic E-state index is 0.0914. The lowest BCUT2D eigenvalue weighted by atomic mass is 10.3. The zero-order valence-corrected chi connectivity index (χ0v) is 11.5. The van der Waals surface area contributed by atoms with Crippen LogP contribution >= 0.6 is 0 Å². The highest BCUT2D eigenvalue weighted by molar-refractivity contribution is 5.92. The molecule has 0 spiro atoms. The lowest BCUT2D eigenvalue weighted by molar-refractivity contribution is -0.119. The average molecular weight is 282 g/mol. The summed E-state index contributed by atoms with van der Waals surface area (Å²) in [5.74, 6) is -0.202. The van der Waals surface area contributed by atoms with Crippen LogP contribution in [-0.2, 0) is 11.3 Å². The second-order valence-electron chi connectivity index (χ2n) is 4.66. The summed E-state index contributed by atoms with van der Waals surface area (Å²) >= 11 is 0. The molecule has 0 atom stereocenters. The van der Waals surface area contributed by atoms with Gasteiger partial charge in [-0.3, -0.25) is 9.20 Å². The Morgan fingerprint density at radius 2 is 1.86 bits per heavy atom. The SMILES string of the molecule is CN(C(=O)Cn1nc2ccccn2c1=O)c1ccccc1. The number of hydrogen-bond acceptors (Lipinski definition) is 3. The third kappa shape index (κ3) is 2.43. The number of nitrogens with zero attached hydrogens (tertiary/aromatic N) is 4. The molecule has 0 aliphatic heterocycles. The van der Waals surface area contributed by atoms with Crippen molar-refractivity contribution in [2.75, 3.05) is 11.9 Å². The van der Waals surface area contributed by atoms with E-state index in [1.807, 2.05) is 30.3 Å². The van der Waals surface area contributed by atoms with Crippen LogP contribution in [0, 0.1) is 0 Å². The first-order chi connectivity index (χ1) is 10.2. The summed E-state index contributed by atoms with van der Waals surface area (Å²) in [6.07, 6.45) is 1.63. The monoisotopic (exact) mass is 282 g/mol. The van der Waals surface area contributed by atoms with Gasteiger partial charge in [0.1, 0.15) is 6.54 Å². The minimum atomic E-state index is -0.319. The van der Waals surface area contributed by atoms with Crippen LogP contribution in [0.2, 0.25) is 0 Å². The molecule has 106 valence electrons. The summed E-state index contributed by atoms with van der Waals surface area (Å²) in [4.78, 5) is 25.9. The van der Waals surface area contributed by atoms with Crippen molar-refractivity contribution in [2.45, 2.75) is 6.54 Å². The molecule has 0 saturated heterocycles. The van der Waals surface area contributed by atoms with E-state index in [9.17, 15) is 9.59 Å². The molecule has 0 unspecified atom stereocenters. The maximum absolute atomic E-state index is 12.3. The third-order valence-electron chi connectivity index (χ3n) is 3.29. The molecule has 0 aliphatic rings. The molecule has 0 aliphatic carbocycles. The minimum Gasteiger partial charge on any atom is -0.314 e. The van der Waals surface area contributed by atoms with Crippen LogP contribution in [0.15, 0.2) is 59.5 Å². The van der Waals surface area contributed by atoms with Gasteiger partial charge >= 0.3 is 5.69 Å². The molecule has 0 saturated carbocycles. The number of fused-ring (bicyclic) bond motifs is 1. The molecule has 0 fully saturated rings. The zero-order chi connectivity index (χ0) is 14.8. The van der Waals surface area contributed by atoms with E-state index in [0.717, 1.165) is 5.69 Å². The predicted molar refractivity (Wildman–Crippen MR) is 79.3 cm³/mol. The number of carbonyl (C=O) groups is 1. The van der Waals surface area contributed by atoms with E-state index in [1.165, 1.54) is 14.0 Å². The Bertz CT molecular complexity index is 836. The molecule has 3 rings (SSSR count). The number of likely N-dealkylation sites (N-methyl/N-ethyl adjacent to an activating group) is 1. The van der Waals surface area contributed by atoms with E-state index < -0.39 is 0 Å². The van der Waals surface area contributed by atoms with Gasteiger partial charge in [-0.05, 0) is 24.3 Å². The first-order valence-corrected chi connectivity index (χ1v) is 6.52. The van der Waals surface area contributed by atoms with Crippen molar-refractivity contribution >= 4 is 17.2 Å². The predicted octanol–water partition coefficient (Wildman–Crippen LogP) is 1.16. The van der Waals surface area contributed by atoms with Crippen LogP contribution in [0.25, 0.3) is 5.65 Å². The van der Waals surface area contributed by atoms with Crippen molar-refractivity contribution in [3.05, 3.63) is 65.2 Å². The second-order valence-corrected chi connectivity index (χ2v) is 4.66. The third-order valence-corrected chi connectivity index (χ3v) is 3.29. The zero-order valence-electron chi connectivity index (χ0n) is 11.5. The van der Waals surface area contributed by atoms with Gasteiger partial charge in [0.15, 0.2) is 5.65 Å². The van der Waals surface area contributed by atoms with Gasteiger partial charge in [-0.1, -0.05) is 24.3 Å². The van der Waals surface area contributed by atoms with Crippen molar-refractivity contribution < 1.29 is 4.79 Å². The van der Waals surface area contributed by atoms with Crippen LogP contribution in [0.4, 0.5) is 5.69 Å². The molecule has 6 heteroatoms. The van der Waals surface area contributed by atoms with Gasteiger partial charge in [0.2, 0.25) is 5.91 Å². The summed E-state index contributed by atoms with van der Waals surface area (Å²) in [5, 5.41) is 4.15. The van der Waals surface area contributed by atoms with Crippen LogP contribution < -0.4 is 10.6 Å². The Morgan fingerprint density at radius 1 is 1.14 bits per heavy atom. The van der Waals surface area contributed by atoms with E-state index in [0.29, 0.717) is 5.65 Å². The van der Waals surface area contributed by atoms with E-state index in [2.05, 4.69) is 5.10 Å². The molecular weight excluding hydrogens is 268 g/mol. The highest BCUT2D eigenvalue weighted by atomic mass is 16.2. The lowest BCUT2D eigenvalue weighted by Gasteiger charge is -2.16. The summed E-state index contributed by atoms with van der Waals surface area (Å²) in [5.41, 5.74) is 0.984. The lowest BCUT2D eigenvalue weighted by Crippen LogP contribution is -2.34. The Labute approximate surface area is 120 Å². The number of carbonyl (C=O) groups excluding carboxylic acids is 1. The molecule has 2 heterocycles. The fourth-order valence-electron chi connectivity index (χ4n) is 2.10. The van der Waals surface area contributed by atoms with Gasteiger partial charge in [-0.2, -0.15) is 0 Å². The number of anilines is 1. The summed E-state index contributed by atoms with van der Waals surface area (Å²) in [6, 6.07) is 14.5. The van der Waals surface area contributed by atoms with Crippen molar-refractivity contribution in [3.8, 4) is 0 Å². The summed E-state index contributed by atoms with van der Waals surface area (Å²) in [6.45, 7) is -0.0914. The smallest absolute Gasteiger partial charge is 0.314 e. The number of rotatable bonds is 3. The van der Waals surface area contributed by atoms with Gasteiger partial charge in [0, 0.05) is 18.9 Å². The van der Waals surface area contributed by atoms with E-state index in [1.54, 1.807) is 31.4 Å². The maximum Gasteiger partial charge on any atom is 0.350 e. The van der Waals surface area contributed by atoms with Crippen LogP contribution in [0.3, 0.4) is 0 Å². The Kier molecular flexibility index (Phi) is 3.27. The molecule has 6 nitrogen and oxygen atoms in total. The standard InChI is InChI=1S/C15H14N4O2/c1-17(12-7-3-2-4-8-12)14(20)11-19-15(21)18-10-6-5-9-13(18)16-19/h2-10H,11H2,1H3. The average Bonchev–Trinajstić information content (AvgIpc) is 2.84. The largest absolute Gasteiger partial charge is 0.350 e. The Balaban J connectivity index is 1.87. The first kappa shape index (κ1) is 13.1. The maximum atomic E-state index is 12.3. The van der Waals surface area contributed by atoms with Crippen LogP contribution in [-0.4, -0.2) is 27.1 Å². The van der Waals surface area contributed by atoms with Gasteiger partial charge < -0.3 is 4.90 Å². The Morgan fingerprint density at radius 3 is 2.57 bits per heavy atom. The van der Waals surface area contributed by atoms with Gasteiger partial charge in [-0.15, -0.1) is 5.10 Å². The van der Waals surface area contributed by atoms with E-state index >= 15 is 0 Å². The van der Waals surface area contributed by atoms with Gasteiger partial charge in [0.25, 0.3) is 0 Å². The Hall–Kier alpha value is -2.89. The summed E-state index contributed by atoms with van der Waals surface area (Å²) in [7, 11) is 1.68. The number of benzene rings is 1. The topological polar surface area (TPSA) is 59.6 Å². The molecule has 2 aromatic heterocycles. The van der Waals surface area contributed by atoms with Crippen molar-refractivity contribution in [1.29, 1.82) is 0 Å². The second kappa shape index (κ2) is 5.24. The molecule has 1 amide bonds. The molecule has 0 radical (unpaired) electrons. The van der Waals surface area contributed by atoms with E-state index in [-0.39, 0.29) is 18.1 Å². The molecule has 0 bridgehead atoms. The van der Waals surface area contributed by atoms with E-state index in [4.69, 9.17) is 0 Å². The number of aromatic nitrogens is 3. The fraction of sp³-hybridized carbons (Fsp3) is 0.133. The fourth-order valence-corrected chi connectivity index (χ4v) is 2.10. The van der Waals surface area contributed by atoms with Crippen molar-refractivity contribution in [2.24, 2.45) is 0 Å². The molecule has 21 heavy (non-hydrogen) atoms. The van der Waals surface area contributed by atoms with Crippen molar-refractivity contribution in [3.63, 3.8) is 0 Å². The van der Waals surface area contributed by atoms with Crippen LogP contribution in [0.1, 0.15) is 0 Å².